The van der Waals surface area contributed by atoms with Crippen molar-refractivity contribution in [1.29, 1.82) is 0 Å². The summed E-state index contributed by atoms with van der Waals surface area (Å²) >= 11 is 0. The molecular formula is C18H17N3O6S. The molecule has 0 unspecified atom stereocenters. The van der Waals surface area contributed by atoms with Crippen molar-refractivity contribution in [3.63, 3.8) is 0 Å². The Bertz CT molecular complexity index is 1040. The van der Waals surface area contributed by atoms with E-state index in [9.17, 15) is 18.0 Å². The summed E-state index contributed by atoms with van der Waals surface area (Å²) in [6.45, 7) is 0.695. The van der Waals surface area contributed by atoms with Crippen molar-refractivity contribution < 1.29 is 27.5 Å². The van der Waals surface area contributed by atoms with Crippen LogP contribution >= 0.6 is 0 Å². The van der Waals surface area contributed by atoms with Crippen LogP contribution in [0.2, 0.25) is 0 Å². The van der Waals surface area contributed by atoms with Gasteiger partial charge in [0, 0.05) is 24.2 Å². The van der Waals surface area contributed by atoms with Gasteiger partial charge < -0.3 is 14.4 Å². The van der Waals surface area contributed by atoms with Gasteiger partial charge in [-0.3, -0.25) is 15.0 Å². The Morgan fingerprint density at radius 3 is 2.50 bits per heavy atom. The van der Waals surface area contributed by atoms with Gasteiger partial charge in [-0.1, -0.05) is 0 Å². The molecule has 1 fully saturated rings. The topological polar surface area (TPSA) is 114 Å². The highest BCUT2D eigenvalue weighted by molar-refractivity contribution is 7.89. The lowest BCUT2D eigenvalue weighted by Crippen LogP contribution is -2.41. The summed E-state index contributed by atoms with van der Waals surface area (Å²) in [6.07, 6.45) is 1.28. The second-order valence-electron chi connectivity index (χ2n) is 6.27. The first-order valence-electron chi connectivity index (χ1n) is 8.56. The van der Waals surface area contributed by atoms with Crippen molar-refractivity contribution >= 4 is 27.5 Å². The number of carbonyl (C=O) groups is 2. The van der Waals surface area contributed by atoms with Gasteiger partial charge >= 0.3 is 0 Å². The van der Waals surface area contributed by atoms with Crippen molar-refractivity contribution in [2.75, 3.05) is 18.2 Å². The average molecular weight is 403 g/mol. The Labute approximate surface area is 161 Å². The van der Waals surface area contributed by atoms with Crippen molar-refractivity contribution in [2.24, 2.45) is 0 Å². The fraction of sp³-hybridized carbons (Fsp3) is 0.222. The minimum Gasteiger partial charge on any atom is -0.454 e. The quantitative estimate of drug-likeness (QED) is 0.725. The Balaban J connectivity index is 1.42. The molecule has 2 aromatic rings. The summed E-state index contributed by atoms with van der Waals surface area (Å²) in [6, 6.07) is 10.4. The van der Waals surface area contributed by atoms with Crippen LogP contribution < -0.4 is 24.6 Å². The molecule has 2 aliphatic heterocycles. The zero-order valence-corrected chi connectivity index (χ0v) is 15.5. The molecule has 0 saturated carbocycles. The molecule has 2 N–H and O–H groups in total. The van der Waals surface area contributed by atoms with E-state index in [-0.39, 0.29) is 23.2 Å². The van der Waals surface area contributed by atoms with Crippen molar-refractivity contribution in [3.05, 3.63) is 48.0 Å². The maximum atomic E-state index is 12.4. The van der Waals surface area contributed by atoms with E-state index >= 15 is 0 Å². The first-order valence-corrected chi connectivity index (χ1v) is 10.0. The lowest BCUT2D eigenvalue weighted by Gasteiger charge is -2.16. The summed E-state index contributed by atoms with van der Waals surface area (Å²) in [5, 5.41) is 0. The number of ether oxygens (including phenoxy) is 2. The van der Waals surface area contributed by atoms with Gasteiger partial charge in [-0.25, -0.2) is 8.42 Å². The van der Waals surface area contributed by atoms with Crippen LogP contribution in [-0.4, -0.2) is 33.6 Å². The predicted octanol–water partition coefficient (Wildman–Crippen LogP) is 1.17. The molecule has 9 nitrogen and oxygen atoms in total. The summed E-state index contributed by atoms with van der Waals surface area (Å²) < 4.78 is 35.2. The zero-order valence-electron chi connectivity index (χ0n) is 14.7. The van der Waals surface area contributed by atoms with Crippen molar-refractivity contribution in [2.45, 2.75) is 17.7 Å². The first-order chi connectivity index (χ1) is 13.4. The molecule has 0 atom stereocenters. The van der Waals surface area contributed by atoms with Crippen LogP contribution in [-0.2, 0) is 14.8 Å². The van der Waals surface area contributed by atoms with Gasteiger partial charge in [0.15, 0.2) is 11.5 Å². The minimum absolute atomic E-state index is 0.0183. The number of hydrazine groups is 1. The maximum absolute atomic E-state index is 12.4. The number of sulfonamides is 1. The molecule has 2 aromatic carbocycles. The van der Waals surface area contributed by atoms with Crippen LogP contribution in [0.4, 0.5) is 5.69 Å². The number of anilines is 1. The van der Waals surface area contributed by atoms with Gasteiger partial charge in [-0.2, -0.15) is 0 Å². The molecule has 2 heterocycles. The molecular weight excluding hydrogens is 386 g/mol. The number of fused-ring (bicyclic) bond motifs is 1. The van der Waals surface area contributed by atoms with Gasteiger partial charge in [0.1, 0.15) is 0 Å². The SMILES string of the molecule is O=C(NNS(=O)(=O)c1ccc(N2CCCC2=O)cc1)c1ccc2c(c1)OCO2. The van der Waals surface area contributed by atoms with E-state index in [1.54, 1.807) is 23.1 Å². The number of hydrogen-bond donors (Lipinski definition) is 2. The summed E-state index contributed by atoms with van der Waals surface area (Å²) in [7, 11) is -3.97. The highest BCUT2D eigenvalue weighted by atomic mass is 32.2. The lowest BCUT2D eigenvalue weighted by molar-refractivity contribution is -0.117. The van der Waals surface area contributed by atoms with E-state index in [4.69, 9.17) is 9.47 Å². The van der Waals surface area contributed by atoms with E-state index in [0.717, 1.165) is 6.42 Å². The normalized spacial score (nSPS) is 15.7. The molecule has 0 aromatic heterocycles. The zero-order chi connectivity index (χ0) is 19.7. The Morgan fingerprint density at radius 2 is 1.79 bits per heavy atom. The van der Waals surface area contributed by atoms with Crippen LogP contribution in [0.5, 0.6) is 11.5 Å². The second kappa shape index (κ2) is 7.13. The largest absolute Gasteiger partial charge is 0.454 e. The number of amides is 2. The predicted molar refractivity (Wildman–Crippen MR) is 98.4 cm³/mol. The van der Waals surface area contributed by atoms with Crippen LogP contribution in [0, 0.1) is 0 Å². The molecule has 0 bridgehead atoms. The Kier molecular flexibility index (Phi) is 4.65. The van der Waals surface area contributed by atoms with Gasteiger partial charge in [-0.15, -0.1) is 4.83 Å². The highest BCUT2D eigenvalue weighted by Gasteiger charge is 2.23. The van der Waals surface area contributed by atoms with Crippen LogP contribution in [0.25, 0.3) is 0 Å². The Hall–Kier alpha value is -3.11. The van der Waals surface area contributed by atoms with Crippen LogP contribution in [0.15, 0.2) is 47.4 Å². The number of nitrogens with zero attached hydrogens (tertiary/aromatic N) is 1. The molecule has 1 saturated heterocycles. The Morgan fingerprint density at radius 1 is 1.04 bits per heavy atom. The molecule has 4 rings (SSSR count). The summed E-state index contributed by atoms with van der Waals surface area (Å²) in [5.41, 5.74) is 3.03. The molecule has 0 aliphatic carbocycles. The van der Waals surface area contributed by atoms with Gasteiger partial charge in [0.05, 0.1) is 4.90 Å². The van der Waals surface area contributed by atoms with E-state index in [1.165, 1.54) is 24.3 Å². The second-order valence-corrected chi connectivity index (χ2v) is 7.95. The molecule has 2 aliphatic rings. The number of rotatable bonds is 5. The van der Waals surface area contributed by atoms with Gasteiger partial charge in [0.2, 0.25) is 12.7 Å². The monoisotopic (exact) mass is 403 g/mol. The molecule has 28 heavy (non-hydrogen) atoms. The molecule has 146 valence electrons. The van der Waals surface area contributed by atoms with E-state index in [0.29, 0.717) is 30.2 Å². The fourth-order valence-corrected chi connectivity index (χ4v) is 3.85. The summed E-state index contributed by atoms with van der Waals surface area (Å²) in [4.78, 5) is 27.6. The maximum Gasteiger partial charge on any atom is 0.266 e. The molecule has 0 spiro atoms. The summed E-state index contributed by atoms with van der Waals surface area (Å²) in [5.74, 6) is 0.321. The third-order valence-electron chi connectivity index (χ3n) is 4.47. The van der Waals surface area contributed by atoms with Gasteiger partial charge in [0.25, 0.3) is 15.9 Å². The van der Waals surface area contributed by atoms with Crippen LogP contribution in [0.1, 0.15) is 23.2 Å². The van der Waals surface area contributed by atoms with E-state index in [2.05, 4.69) is 10.3 Å². The number of benzene rings is 2. The average Bonchev–Trinajstić information content (AvgIpc) is 3.34. The van der Waals surface area contributed by atoms with Crippen molar-refractivity contribution in [3.8, 4) is 11.5 Å². The number of nitrogens with one attached hydrogen (secondary N) is 2. The number of carbonyl (C=O) groups excluding carboxylic acids is 2. The molecule has 2 amide bonds. The van der Waals surface area contributed by atoms with Crippen LogP contribution in [0.3, 0.4) is 0 Å². The lowest BCUT2D eigenvalue weighted by atomic mass is 10.2. The number of hydrogen-bond acceptors (Lipinski definition) is 6. The highest BCUT2D eigenvalue weighted by Crippen LogP contribution is 2.32. The molecule has 10 heteroatoms. The minimum atomic E-state index is -3.97. The first kappa shape index (κ1) is 18.3. The smallest absolute Gasteiger partial charge is 0.266 e. The van der Waals surface area contributed by atoms with Gasteiger partial charge in [-0.05, 0) is 48.9 Å². The third kappa shape index (κ3) is 3.51. The van der Waals surface area contributed by atoms with Crippen molar-refractivity contribution in [1.82, 2.24) is 10.3 Å². The molecule has 0 radical (unpaired) electrons. The van der Waals surface area contributed by atoms with E-state index in [1.807, 2.05) is 0 Å². The third-order valence-corrected chi connectivity index (χ3v) is 5.73. The van der Waals surface area contributed by atoms with E-state index < -0.39 is 15.9 Å². The standard InChI is InChI=1S/C18H17N3O6S/c22-17-2-1-9-21(17)13-4-6-14(7-5-13)28(24,25)20-19-18(23)12-3-8-15-16(10-12)27-11-26-15/h3-8,10,20H,1-2,9,11H2,(H,19,23). The fourth-order valence-electron chi connectivity index (χ4n) is 3.01.